The molecule has 0 spiro atoms. The van der Waals surface area contributed by atoms with Crippen molar-refractivity contribution in [3.05, 3.63) is 34.9 Å². The molecule has 2 nitrogen and oxygen atoms in total. The van der Waals surface area contributed by atoms with Crippen LogP contribution in [-0.2, 0) is 6.54 Å². The fraction of sp³-hybridized carbons (Fsp3) is 0.462. The third-order valence-electron chi connectivity index (χ3n) is 2.33. The van der Waals surface area contributed by atoms with Crippen molar-refractivity contribution in [3.63, 3.8) is 0 Å². The number of benzene rings is 1. The summed E-state index contributed by atoms with van der Waals surface area (Å²) in [5, 5.41) is 12.9. The van der Waals surface area contributed by atoms with Crippen LogP contribution in [0.5, 0.6) is 0 Å². The van der Waals surface area contributed by atoms with Gasteiger partial charge in [0.2, 0.25) is 0 Å². The second-order valence-electron chi connectivity index (χ2n) is 4.32. The third-order valence-corrected chi connectivity index (χ3v) is 2.58. The largest absolute Gasteiger partial charge is 0.298 e. The molecule has 0 aromatic heterocycles. The maximum atomic E-state index is 8.96. The van der Waals surface area contributed by atoms with Gasteiger partial charge in [0.1, 0.15) is 0 Å². The number of hydrogen-bond acceptors (Lipinski definition) is 2. The average molecular weight is 237 g/mol. The first-order valence-electron chi connectivity index (χ1n) is 5.49. The van der Waals surface area contributed by atoms with Crippen LogP contribution in [0.4, 0.5) is 0 Å². The number of nitrogens with one attached hydrogen (secondary N) is 1. The minimum atomic E-state index is -0.0734. The molecular weight excluding hydrogens is 220 g/mol. The summed E-state index contributed by atoms with van der Waals surface area (Å²) in [6.45, 7) is 4.95. The minimum Gasteiger partial charge on any atom is -0.298 e. The van der Waals surface area contributed by atoms with Gasteiger partial charge in [0, 0.05) is 11.6 Å². The summed E-state index contributed by atoms with van der Waals surface area (Å²) < 4.78 is 0. The van der Waals surface area contributed by atoms with E-state index >= 15 is 0 Å². The topological polar surface area (TPSA) is 35.8 Å². The zero-order valence-electron chi connectivity index (χ0n) is 9.70. The smallest absolute Gasteiger partial charge is 0.0958 e. The van der Waals surface area contributed by atoms with E-state index in [0.29, 0.717) is 12.5 Å². The first-order chi connectivity index (χ1) is 7.61. The van der Waals surface area contributed by atoms with Crippen molar-refractivity contribution in [2.45, 2.75) is 32.9 Å². The second kappa shape index (κ2) is 6.52. The molecule has 16 heavy (non-hydrogen) atoms. The van der Waals surface area contributed by atoms with Crippen molar-refractivity contribution >= 4 is 11.6 Å². The molecule has 0 saturated carbocycles. The molecule has 1 unspecified atom stereocenters. The van der Waals surface area contributed by atoms with Crippen molar-refractivity contribution in [2.75, 3.05) is 0 Å². The van der Waals surface area contributed by atoms with E-state index in [1.54, 1.807) is 0 Å². The number of nitrogens with zero attached hydrogens (tertiary/aromatic N) is 1. The van der Waals surface area contributed by atoms with Gasteiger partial charge >= 0.3 is 0 Å². The molecular formula is C13H17ClN2. The van der Waals surface area contributed by atoms with Gasteiger partial charge in [0.15, 0.2) is 0 Å². The van der Waals surface area contributed by atoms with E-state index in [1.807, 2.05) is 24.3 Å². The van der Waals surface area contributed by atoms with Crippen LogP contribution >= 0.6 is 11.6 Å². The van der Waals surface area contributed by atoms with E-state index in [4.69, 9.17) is 16.9 Å². The predicted molar refractivity (Wildman–Crippen MR) is 67.1 cm³/mol. The molecule has 0 aliphatic heterocycles. The molecule has 0 aliphatic rings. The van der Waals surface area contributed by atoms with Gasteiger partial charge in [0.05, 0.1) is 12.1 Å². The monoisotopic (exact) mass is 236 g/mol. The molecule has 0 amide bonds. The van der Waals surface area contributed by atoms with Crippen LogP contribution < -0.4 is 5.32 Å². The highest BCUT2D eigenvalue weighted by molar-refractivity contribution is 6.30. The Morgan fingerprint density at radius 3 is 2.44 bits per heavy atom. The molecule has 0 heterocycles. The Kier molecular flexibility index (Phi) is 5.31. The molecule has 0 fully saturated rings. The van der Waals surface area contributed by atoms with Crippen LogP contribution in [0, 0.1) is 17.2 Å². The summed E-state index contributed by atoms with van der Waals surface area (Å²) in [6.07, 6.45) is 0.879. The number of rotatable bonds is 5. The van der Waals surface area contributed by atoms with Gasteiger partial charge in [-0.3, -0.25) is 5.32 Å². The molecule has 0 saturated heterocycles. The predicted octanol–water partition coefficient (Wildman–Crippen LogP) is 3.37. The van der Waals surface area contributed by atoms with Crippen molar-refractivity contribution in [3.8, 4) is 6.07 Å². The Morgan fingerprint density at radius 1 is 1.31 bits per heavy atom. The Morgan fingerprint density at radius 2 is 1.94 bits per heavy atom. The molecule has 1 N–H and O–H groups in total. The average Bonchev–Trinajstić information content (AvgIpc) is 2.26. The molecule has 0 aliphatic carbocycles. The zero-order valence-corrected chi connectivity index (χ0v) is 10.5. The van der Waals surface area contributed by atoms with E-state index < -0.39 is 0 Å². The Hall–Kier alpha value is -1.04. The van der Waals surface area contributed by atoms with Crippen LogP contribution in [0.25, 0.3) is 0 Å². The third kappa shape index (κ3) is 4.65. The van der Waals surface area contributed by atoms with Gasteiger partial charge in [-0.15, -0.1) is 0 Å². The highest BCUT2D eigenvalue weighted by Crippen LogP contribution is 2.10. The van der Waals surface area contributed by atoms with Gasteiger partial charge in [-0.25, -0.2) is 0 Å². The summed E-state index contributed by atoms with van der Waals surface area (Å²) in [6, 6.07) is 9.87. The number of halogens is 1. The summed E-state index contributed by atoms with van der Waals surface area (Å²) >= 11 is 5.80. The van der Waals surface area contributed by atoms with Crippen LogP contribution in [0.15, 0.2) is 24.3 Å². The first kappa shape index (κ1) is 13.0. The van der Waals surface area contributed by atoms with E-state index in [0.717, 1.165) is 17.0 Å². The van der Waals surface area contributed by atoms with Crippen LogP contribution in [0.3, 0.4) is 0 Å². The van der Waals surface area contributed by atoms with Gasteiger partial charge in [-0.05, 0) is 30.0 Å². The quantitative estimate of drug-likeness (QED) is 0.851. The first-order valence-corrected chi connectivity index (χ1v) is 5.87. The van der Waals surface area contributed by atoms with Gasteiger partial charge in [0.25, 0.3) is 0 Å². The van der Waals surface area contributed by atoms with Crippen LogP contribution in [0.1, 0.15) is 25.8 Å². The van der Waals surface area contributed by atoms with Crippen molar-refractivity contribution < 1.29 is 0 Å². The lowest BCUT2D eigenvalue weighted by Gasteiger charge is -2.13. The standard InChI is InChI=1S/C13H17ClN2/c1-10(2)7-13(8-15)16-9-11-3-5-12(14)6-4-11/h3-6,10,13,16H,7,9H2,1-2H3. The number of hydrogen-bond donors (Lipinski definition) is 1. The SMILES string of the molecule is CC(C)CC(C#N)NCc1ccc(Cl)cc1. The van der Waals surface area contributed by atoms with Crippen LogP contribution in [0.2, 0.25) is 5.02 Å². The Balaban J connectivity index is 2.44. The summed E-state index contributed by atoms with van der Waals surface area (Å²) in [5.41, 5.74) is 1.15. The summed E-state index contributed by atoms with van der Waals surface area (Å²) in [4.78, 5) is 0. The van der Waals surface area contributed by atoms with E-state index in [-0.39, 0.29) is 6.04 Å². The molecule has 1 rings (SSSR count). The minimum absolute atomic E-state index is 0.0734. The van der Waals surface area contributed by atoms with Crippen molar-refractivity contribution in [2.24, 2.45) is 5.92 Å². The van der Waals surface area contributed by atoms with Crippen molar-refractivity contribution in [1.29, 1.82) is 5.26 Å². The highest BCUT2D eigenvalue weighted by Gasteiger charge is 2.08. The van der Waals surface area contributed by atoms with Gasteiger partial charge in [-0.2, -0.15) is 5.26 Å². The molecule has 1 atom stereocenters. The lowest BCUT2D eigenvalue weighted by Crippen LogP contribution is -2.28. The maximum Gasteiger partial charge on any atom is 0.0958 e. The molecule has 1 aromatic carbocycles. The summed E-state index contributed by atoms with van der Waals surface area (Å²) in [5.74, 6) is 0.530. The van der Waals surface area contributed by atoms with Gasteiger partial charge in [-0.1, -0.05) is 37.6 Å². The Labute approximate surface area is 102 Å². The summed E-state index contributed by atoms with van der Waals surface area (Å²) in [7, 11) is 0. The maximum absolute atomic E-state index is 8.96. The van der Waals surface area contributed by atoms with E-state index in [9.17, 15) is 0 Å². The lowest BCUT2D eigenvalue weighted by atomic mass is 10.0. The van der Waals surface area contributed by atoms with E-state index in [2.05, 4.69) is 25.2 Å². The normalized spacial score (nSPS) is 12.4. The Bertz CT molecular complexity index is 351. The fourth-order valence-electron chi connectivity index (χ4n) is 1.50. The second-order valence-corrected chi connectivity index (χ2v) is 4.76. The van der Waals surface area contributed by atoms with Crippen molar-refractivity contribution in [1.82, 2.24) is 5.32 Å². The fourth-order valence-corrected chi connectivity index (χ4v) is 1.62. The molecule has 86 valence electrons. The number of nitriles is 1. The highest BCUT2D eigenvalue weighted by atomic mass is 35.5. The molecule has 1 aromatic rings. The molecule has 0 bridgehead atoms. The zero-order chi connectivity index (χ0) is 12.0. The molecule has 3 heteroatoms. The van der Waals surface area contributed by atoms with E-state index in [1.165, 1.54) is 0 Å². The lowest BCUT2D eigenvalue weighted by molar-refractivity contribution is 0.478. The van der Waals surface area contributed by atoms with Gasteiger partial charge < -0.3 is 0 Å². The molecule has 0 radical (unpaired) electrons. The van der Waals surface area contributed by atoms with Crippen LogP contribution in [-0.4, -0.2) is 6.04 Å².